The number of benzene rings is 1. The fourth-order valence-electron chi connectivity index (χ4n) is 1.89. The highest BCUT2D eigenvalue weighted by molar-refractivity contribution is 8.01. The van der Waals surface area contributed by atoms with E-state index >= 15 is 0 Å². The number of carbonyl (C=O) groups is 1. The molecule has 0 N–H and O–H groups in total. The highest BCUT2D eigenvalue weighted by atomic mass is 32.2. The number of hydrogen-bond donors (Lipinski definition) is 0. The number of thiazole rings is 1. The standard InChI is InChI=1S/C15H14N2OS3/c1-17(8-11-6-7-19-9-11)14(18)10-20-15-16-12-4-2-3-5-13(12)21-15/h2-7,9H,8,10H2,1H3. The lowest BCUT2D eigenvalue weighted by molar-refractivity contribution is -0.127. The summed E-state index contributed by atoms with van der Waals surface area (Å²) >= 11 is 4.81. The van der Waals surface area contributed by atoms with Crippen molar-refractivity contribution in [2.24, 2.45) is 0 Å². The molecule has 0 saturated carbocycles. The lowest BCUT2D eigenvalue weighted by Crippen LogP contribution is -2.27. The molecule has 1 aromatic carbocycles. The maximum Gasteiger partial charge on any atom is 0.233 e. The van der Waals surface area contributed by atoms with Crippen molar-refractivity contribution in [3.05, 3.63) is 46.7 Å². The summed E-state index contributed by atoms with van der Waals surface area (Å²) in [7, 11) is 1.85. The van der Waals surface area contributed by atoms with Crippen molar-refractivity contribution < 1.29 is 4.79 Å². The zero-order chi connectivity index (χ0) is 14.7. The number of rotatable bonds is 5. The van der Waals surface area contributed by atoms with Crippen molar-refractivity contribution in [1.82, 2.24) is 9.88 Å². The predicted molar refractivity (Wildman–Crippen MR) is 91.1 cm³/mol. The van der Waals surface area contributed by atoms with Crippen molar-refractivity contribution >= 4 is 50.6 Å². The zero-order valence-corrected chi connectivity index (χ0v) is 13.9. The molecule has 0 spiro atoms. The van der Waals surface area contributed by atoms with Crippen LogP contribution in [0.4, 0.5) is 0 Å². The Morgan fingerprint density at radius 1 is 1.33 bits per heavy atom. The molecule has 0 saturated heterocycles. The van der Waals surface area contributed by atoms with Gasteiger partial charge in [-0.2, -0.15) is 11.3 Å². The summed E-state index contributed by atoms with van der Waals surface area (Å²) in [5, 5.41) is 4.11. The monoisotopic (exact) mass is 334 g/mol. The van der Waals surface area contributed by atoms with Gasteiger partial charge in [0.25, 0.3) is 0 Å². The molecule has 0 atom stereocenters. The number of carbonyl (C=O) groups excluding carboxylic acids is 1. The quantitative estimate of drug-likeness (QED) is 0.658. The van der Waals surface area contributed by atoms with Gasteiger partial charge in [0.05, 0.1) is 16.0 Å². The molecule has 0 aliphatic heterocycles. The van der Waals surface area contributed by atoms with Crippen LogP contribution in [0.25, 0.3) is 10.2 Å². The van der Waals surface area contributed by atoms with Gasteiger partial charge in [-0.1, -0.05) is 23.9 Å². The number of nitrogens with zero attached hydrogens (tertiary/aromatic N) is 2. The molecule has 2 aromatic heterocycles. The second-order valence-corrected chi connectivity index (χ2v) is 7.65. The number of aromatic nitrogens is 1. The molecular formula is C15H14N2OS3. The average Bonchev–Trinajstić information content (AvgIpc) is 3.13. The summed E-state index contributed by atoms with van der Waals surface area (Å²) in [4.78, 5) is 18.4. The minimum Gasteiger partial charge on any atom is -0.341 e. The average molecular weight is 334 g/mol. The van der Waals surface area contributed by atoms with E-state index in [1.165, 1.54) is 22.0 Å². The second kappa shape index (κ2) is 6.60. The van der Waals surface area contributed by atoms with E-state index in [0.29, 0.717) is 12.3 Å². The number of hydrogen-bond acceptors (Lipinski definition) is 5. The normalized spacial score (nSPS) is 10.9. The Morgan fingerprint density at radius 2 is 2.19 bits per heavy atom. The third-order valence-electron chi connectivity index (χ3n) is 3.02. The maximum atomic E-state index is 12.1. The van der Waals surface area contributed by atoms with Gasteiger partial charge in [-0.05, 0) is 34.5 Å². The Kier molecular flexibility index (Phi) is 4.57. The Balaban J connectivity index is 1.57. The second-order valence-electron chi connectivity index (χ2n) is 4.62. The van der Waals surface area contributed by atoms with E-state index in [1.54, 1.807) is 27.6 Å². The Labute approximate surface area is 135 Å². The molecule has 0 fully saturated rings. The molecule has 0 bridgehead atoms. The summed E-state index contributed by atoms with van der Waals surface area (Å²) in [6.07, 6.45) is 0. The minimum absolute atomic E-state index is 0.130. The SMILES string of the molecule is CN(Cc1ccsc1)C(=O)CSc1nc2ccccc2s1. The fourth-order valence-corrected chi connectivity index (χ4v) is 4.56. The van der Waals surface area contributed by atoms with E-state index in [4.69, 9.17) is 0 Å². The Bertz CT molecular complexity index is 703. The number of amides is 1. The molecule has 3 aromatic rings. The highest BCUT2D eigenvalue weighted by Gasteiger charge is 2.12. The molecule has 1 amide bonds. The van der Waals surface area contributed by atoms with Gasteiger partial charge in [0, 0.05) is 13.6 Å². The zero-order valence-electron chi connectivity index (χ0n) is 11.5. The van der Waals surface area contributed by atoms with Crippen LogP contribution in [0.5, 0.6) is 0 Å². The maximum absolute atomic E-state index is 12.1. The van der Waals surface area contributed by atoms with E-state index in [-0.39, 0.29) is 5.91 Å². The minimum atomic E-state index is 0.130. The van der Waals surface area contributed by atoms with E-state index < -0.39 is 0 Å². The van der Waals surface area contributed by atoms with Gasteiger partial charge < -0.3 is 4.90 Å². The van der Waals surface area contributed by atoms with Crippen molar-refractivity contribution in [3.63, 3.8) is 0 Å². The highest BCUT2D eigenvalue weighted by Crippen LogP contribution is 2.29. The molecule has 108 valence electrons. The lowest BCUT2D eigenvalue weighted by atomic mass is 10.3. The molecule has 0 aliphatic rings. The molecule has 3 rings (SSSR count). The molecule has 3 nitrogen and oxygen atoms in total. The third kappa shape index (κ3) is 3.64. The largest absolute Gasteiger partial charge is 0.341 e. The van der Waals surface area contributed by atoms with Gasteiger partial charge in [0.2, 0.25) is 5.91 Å². The van der Waals surface area contributed by atoms with E-state index in [2.05, 4.69) is 22.5 Å². The van der Waals surface area contributed by atoms with Gasteiger partial charge in [-0.15, -0.1) is 11.3 Å². The van der Waals surface area contributed by atoms with Gasteiger partial charge in [-0.25, -0.2) is 4.98 Å². The Morgan fingerprint density at radius 3 is 2.95 bits per heavy atom. The Hall–Kier alpha value is -1.37. The first kappa shape index (κ1) is 14.6. The molecule has 0 aliphatic carbocycles. The first-order valence-electron chi connectivity index (χ1n) is 6.46. The van der Waals surface area contributed by atoms with Crippen molar-refractivity contribution in [2.45, 2.75) is 10.9 Å². The van der Waals surface area contributed by atoms with Crippen LogP contribution in [-0.4, -0.2) is 28.6 Å². The van der Waals surface area contributed by atoms with Crippen LogP contribution in [0, 0.1) is 0 Å². The van der Waals surface area contributed by atoms with Crippen molar-refractivity contribution in [2.75, 3.05) is 12.8 Å². The van der Waals surface area contributed by atoms with Crippen LogP contribution in [0.15, 0.2) is 45.4 Å². The first-order valence-corrected chi connectivity index (χ1v) is 9.20. The summed E-state index contributed by atoms with van der Waals surface area (Å²) in [5.41, 5.74) is 2.19. The van der Waals surface area contributed by atoms with Crippen molar-refractivity contribution in [3.8, 4) is 0 Å². The molecule has 6 heteroatoms. The number of fused-ring (bicyclic) bond motifs is 1. The third-order valence-corrected chi connectivity index (χ3v) is 5.92. The molecule has 2 heterocycles. The summed E-state index contributed by atoms with van der Waals surface area (Å²) in [6, 6.07) is 10.1. The topological polar surface area (TPSA) is 33.2 Å². The first-order chi connectivity index (χ1) is 10.2. The van der Waals surface area contributed by atoms with Crippen LogP contribution in [0.3, 0.4) is 0 Å². The molecular weight excluding hydrogens is 320 g/mol. The van der Waals surface area contributed by atoms with Gasteiger partial charge in [-0.3, -0.25) is 4.79 Å². The van der Waals surface area contributed by atoms with Crippen molar-refractivity contribution in [1.29, 1.82) is 0 Å². The van der Waals surface area contributed by atoms with Crippen LogP contribution in [0.1, 0.15) is 5.56 Å². The van der Waals surface area contributed by atoms with Gasteiger partial charge in [0.1, 0.15) is 0 Å². The lowest BCUT2D eigenvalue weighted by Gasteiger charge is -2.15. The van der Waals surface area contributed by atoms with E-state index in [0.717, 1.165) is 9.86 Å². The fraction of sp³-hybridized carbons (Fsp3) is 0.200. The van der Waals surface area contributed by atoms with Crippen LogP contribution >= 0.6 is 34.4 Å². The summed E-state index contributed by atoms with van der Waals surface area (Å²) < 4.78 is 2.12. The van der Waals surface area contributed by atoms with Crippen LogP contribution < -0.4 is 0 Å². The van der Waals surface area contributed by atoms with Gasteiger partial charge in [0.15, 0.2) is 4.34 Å². The smallest absolute Gasteiger partial charge is 0.233 e. The number of thiophene rings is 1. The predicted octanol–water partition coefficient (Wildman–Crippen LogP) is 4.11. The number of para-hydroxylation sites is 1. The molecule has 0 radical (unpaired) electrons. The van der Waals surface area contributed by atoms with Crippen LogP contribution in [0.2, 0.25) is 0 Å². The summed E-state index contributed by atoms with van der Waals surface area (Å²) in [6.45, 7) is 0.669. The van der Waals surface area contributed by atoms with Gasteiger partial charge >= 0.3 is 0 Å². The van der Waals surface area contributed by atoms with E-state index in [1.807, 2.05) is 30.6 Å². The van der Waals surface area contributed by atoms with Crippen LogP contribution in [-0.2, 0) is 11.3 Å². The molecule has 21 heavy (non-hydrogen) atoms. The molecule has 0 unspecified atom stereocenters. The van der Waals surface area contributed by atoms with E-state index in [9.17, 15) is 4.79 Å². The summed E-state index contributed by atoms with van der Waals surface area (Å²) in [5.74, 6) is 0.561. The number of thioether (sulfide) groups is 1.